The van der Waals surface area contributed by atoms with Crippen molar-refractivity contribution in [2.75, 3.05) is 17.9 Å². The number of amides is 2. The zero-order valence-corrected chi connectivity index (χ0v) is 22.2. The minimum atomic E-state index is -4.08. The van der Waals surface area contributed by atoms with Gasteiger partial charge in [-0.2, -0.15) is 0 Å². The first-order valence-electron chi connectivity index (χ1n) is 11.0. The lowest BCUT2D eigenvalue weighted by atomic mass is 10.1. The lowest BCUT2D eigenvalue weighted by molar-refractivity contribution is -0.139. The first-order valence-corrected chi connectivity index (χ1v) is 13.3. The molecule has 0 aliphatic rings. The molecule has 0 aliphatic heterocycles. The SMILES string of the molecule is CNC(=O)C(C)N(Cc1ccccc1)C(=O)CN(c1cccc(Br)c1)S(=O)(=O)c1ccc(C)cc1. The summed E-state index contributed by atoms with van der Waals surface area (Å²) >= 11 is 3.38. The third-order valence-corrected chi connectivity index (χ3v) is 7.87. The Morgan fingerprint density at radius 2 is 1.63 bits per heavy atom. The number of anilines is 1. The Hall–Kier alpha value is -3.17. The van der Waals surface area contributed by atoms with Crippen LogP contribution >= 0.6 is 15.9 Å². The molecule has 3 rings (SSSR count). The molecule has 0 aromatic heterocycles. The van der Waals surface area contributed by atoms with E-state index in [-0.39, 0.29) is 17.3 Å². The number of carbonyl (C=O) groups is 2. The van der Waals surface area contributed by atoms with E-state index in [4.69, 9.17) is 0 Å². The molecule has 0 aliphatic carbocycles. The van der Waals surface area contributed by atoms with E-state index in [9.17, 15) is 18.0 Å². The topological polar surface area (TPSA) is 86.8 Å². The lowest BCUT2D eigenvalue weighted by Gasteiger charge is -2.31. The molecule has 2 amide bonds. The van der Waals surface area contributed by atoms with Gasteiger partial charge in [-0.05, 0) is 49.7 Å². The van der Waals surface area contributed by atoms with Crippen LogP contribution in [0, 0.1) is 6.92 Å². The number of hydrogen-bond acceptors (Lipinski definition) is 4. The third-order valence-electron chi connectivity index (χ3n) is 5.59. The summed E-state index contributed by atoms with van der Waals surface area (Å²) in [6.07, 6.45) is 0. The molecule has 0 saturated carbocycles. The number of hydrogen-bond donors (Lipinski definition) is 1. The number of carbonyl (C=O) groups excluding carboxylic acids is 2. The van der Waals surface area contributed by atoms with Crippen LogP contribution in [0.25, 0.3) is 0 Å². The van der Waals surface area contributed by atoms with Crippen LogP contribution in [-0.4, -0.2) is 44.8 Å². The quantitative estimate of drug-likeness (QED) is 0.428. The fourth-order valence-electron chi connectivity index (χ4n) is 3.57. The van der Waals surface area contributed by atoms with Crippen LogP contribution in [0.4, 0.5) is 5.69 Å². The summed E-state index contributed by atoms with van der Waals surface area (Å²) in [6.45, 7) is 3.18. The normalized spacial score (nSPS) is 12.0. The molecule has 7 nitrogen and oxygen atoms in total. The molecule has 0 heterocycles. The Labute approximate surface area is 214 Å². The summed E-state index contributed by atoms with van der Waals surface area (Å²) in [4.78, 5) is 27.6. The highest BCUT2D eigenvalue weighted by molar-refractivity contribution is 9.10. The smallest absolute Gasteiger partial charge is 0.264 e. The van der Waals surface area contributed by atoms with Gasteiger partial charge in [-0.25, -0.2) is 8.42 Å². The molecular weight excluding hydrogens is 530 g/mol. The second kappa shape index (κ2) is 11.5. The van der Waals surface area contributed by atoms with Gasteiger partial charge in [0, 0.05) is 18.1 Å². The standard InChI is InChI=1S/C26H28BrN3O4S/c1-19-12-14-24(15-13-19)35(33,34)30(23-11-7-10-22(27)16-23)18-25(31)29(20(2)26(32)28-3)17-21-8-5-4-6-9-21/h4-16,20H,17-18H2,1-3H3,(H,28,32). The largest absolute Gasteiger partial charge is 0.357 e. The van der Waals surface area contributed by atoms with Gasteiger partial charge in [0.05, 0.1) is 10.6 Å². The van der Waals surface area contributed by atoms with E-state index in [2.05, 4.69) is 21.2 Å². The van der Waals surface area contributed by atoms with Crippen molar-refractivity contribution in [3.63, 3.8) is 0 Å². The van der Waals surface area contributed by atoms with Crippen LogP contribution in [0.2, 0.25) is 0 Å². The second-order valence-electron chi connectivity index (χ2n) is 8.10. The number of rotatable bonds is 9. The highest BCUT2D eigenvalue weighted by atomic mass is 79.9. The molecular formula is C26H28BrN3O4S. The van der Waals surface area contributed by atoms with Crippen molar-refractivity contribution in [2.45, 2.75) is 31.3 Å². The van der Waals surface area contributed by atoms with Crippen LogP contribution in [-0.2, 0) is 26.2 Å². The fraction of sp³-hybridized carbons (Fsp3) is 0.231. The van der Waals surface area contributed by atoms with Crippen LogP contribution in [0.5, 0.6) is 0 Å². The van der Waals surface area contributed by atoms with E-state index in [0.717, 1.165) is 15.4 Å². The Bertz CT molecular complexity index is 1280. The van der Waals surface area contributed by atoms with Gasteiger partial charge in [0.25, 0.3) is 10.0 Å². The number of benzene rings is 3. The molecule has 0 radical (unpaired) electrons. The van der Waals surface area contributed by atoms with Crippen LogP contribution in [0.15, 0.2) is 88.2 Å². The predicted octanol–water partition coefficient (Wildman–Crippen LogP) is 4.12. The van der Waals surface area contributed by atoms with Crippen molar-refractivity contribution in [3.8, 4) is 0 Å². The average molecular weight is 558 g/mol. The summed E-state index contributed by atoms with van der Waals surface area (Å²) < 4.78 is 29.1. The second-order valence-corrected chi connectivity index (χ2v) is 10.9. The van der Waals surface area contributed by atoms with Gasteiger partial charge in [-0.1, -0.05) is 70.0 Å². The van der Waals surface area contributed by atoms with Crippen molar-refractivity contribution in [1.29, 1.82) is 0 Å². The number of aryl methyl sites for hydroxylation is 1. The monoisotopic (exact) mass is 557 g/mol. The van der Waals surface area contributed by atoms with Crippen molar-refractivity contribution in [3.05, 3.63) is 94.5 Å². The molecule has 0 saturated heterocycles. The zero-order chi connectivity index (χ0) is 25.6. The molecule has 3 aromatic carbocycles. The number of likely N-dealkylation sites (N-methyl/N-ethyl adjacent to an activating group) is 1. The van der Waals surface area contributed by atoms with Crippen molar-refractivity contribution >= 4 is 43.5 Å². The minimum Gasteiger partial charge on any atom is -0.357 e. The van der Waals surface area contributed by atoms with Gasteiger partial charge in [0.1, 0.15) is 12.6 Å². The van der Waals surface area contributed by atoms with E-state index in [1.54, 1.807) is 43.3 Å². The first-order chi connectivity index (χ1) is 16.6. The van der Waals surface area contributed by atoms with Gasteiger partial charge in [0.2, 0.25) is 11.8 Å². The predicted molar refractivity (Wildman–Crippen MR) is 140 cm³/mol. The molecule has 3 aromatic rings. The average Bonchev–Trinajstić information content (AvgIpc) is 2.85. The highest BCUT2D eigenvalue weighted by Gasteiger charge is 2.32. The molecule has 9 heteroatoms. The summed E-state index contributed by atoms with van der Waals surface area (Å²) in [6, 6.07) is 21.7. The molecule has 184 valence electrons. The summed E-state index contributed by atoms with van der Waals surface area (Å²) in [5, 5.41) is 2.57. The molecule has 0 fully saturated rings. The van der Waals surface area contributed by atoms with E-state index in [1.807, 2.05) is 37.3 Å². The highest BCUT2D eigenvalue weighted by Crippen LogP contribution is 2.27. The first kappa shape index (κ1) is 26.4. The maximum absolute atomic E-state index is 13.7. The maximum Gasteiger partial charge on any atom is 0.264 e. The maximum atomic E-state index is 13.7. The molecule has 0 bridgehead atoms. The number of nitrogens with one attached hydrogen (secondary N) is 1. The molecule has 35 heavy (non-hydrogen) atoms. The van der Waals surface area contributed by atoms with E-state index < -0.39 is 28.5 Å². The van der Waals surface area contributed by atoms with E-state index in [1.165, 1.54) is 24.1 Å². The Kier molecular flexibility index (Phi) is 8.69. The fourth-order valence-corrected chi connectivity index (χ4v) is 5.36. The van der Waals surface area contributed by atoms with Gasteiger partial charge < -0.3 is 10.2 Å². The third kappa shape index (κ3) is 6.49. The van der Waals surface area contributed by atoms with Crippen molar-refractivity contribution in [1.82, 2.24) is 10.2 Å². The Morgan fingerprint density at radius 1 is 0.971 bits per heavy atom. The van der Waals surface area contributed by atoms with Crippen molar-refractivity contribution < 1.29 is 18.0 Å². The lowest BCUT2D eigenvalue weighted by Crippen LogP contribution is -2.50. The summed E-state index contributed by atoms with van der Waals surface area (Å²) in [5.41, 5.74) is 2.08. The minimum absolute atomic E-state index is 0.0739. The van der Waals surface area contributed by atoms with Crippen LogP contribution < -0.4 is 9.62 Å². The Morgan fingerprint density at radius 3 is 2.23 bits per heavy atom. The van der Waals surface area contributed by atoms with E-state index >= 15 is 0 Å². The van der Waals surface area contributed by atoms with Gasteiger partial charge in [0.15, 0.2) is 0 Å². The van der Waals surface area contributed by atoms with Crippen molar-refractivity contribution in [2.24, 2.45) is 0 Å². The van der Waals surface area contributed by atoms with Crippen LogP contribution in [0.3, 0.4) is 0 Å². The van der Waals surface area contributed by atoms with Gasteiger partial charge in [-0.3, -0.25) is 13.9 Å². The molecule has 0 spiro atoms. The Balaban J connectivity index is 2.02. The summed E-state index contributed by atoms with van der Waals surface area (Å²) in [5.74, 6) is -0.842. The van der Waals surface area contributed by atoms with Gasteiger partial charge in [-0.15, -0.1) is 0 Å². The number of sulfonamides is 1. The molecule has 1 atom stereocenters. The molecule has 1 unspecified atom stereocenters. The van der Waals surface area contributed by atoms with Gasteiger partial charge >= 0.3 is 0 Å². The van der Waals surface area contributed by atoms with E-state index in [0.29, 0.717) is 10.2 Å². The summed E-state index contributed by atoms with van der Waals surface area (Å²) in [7, 11) is -2.58. The zero-order valence-electron chi connectivity index (χ0n) is 19.8. The molecule has 1 N–H and O–H groups in total. The number of halogens is 1. The van der Waals surface area contributed by atoms with Crippen LogP contribution in [0.1, 0.15) is 18.1 Å². The number of nitrogens with zero attached hydrogens (tertiary/aromatic N) is 2.